The van der Waals surface area contributed by atoms with E-state index in [1.165, 1.54) is 0 Å². The van der Waals surface area contributed by atoms with E-state index in [-0.39, 0.29) is 24.7 Å². The molecule has 1 aliphatic rings. The molecular weight excluding hydrogens is 266 g/mol. The Morgan fingerprint density at radius 1 is 1.52 bits per heavy atom. The van der Waals surface area contributed by atoms with E-state index < -0.39 is 0 Å². The molecule has 4 heteroatoms. The molecule has 1 heterocycles. The van der Waals surface area contributed by atoms with Crippen LogP contribution >= 0.6 is 0 Å². The van der Waals surface area contributed by atoms with Gasteiger partial charge in [0.05, 0.1) is 11.7 Å². The van der Waals surface area contributed by atoms with Crippen LogP contribution < -0.4 is 5.32 Å². The highest BCUT2D eigenvalue weighted by molar-refractivity contribution is 5.97. The molecule has 0 spiro atoms. The largest absolute Gasteiger partial charge is 0.384 e. The molecule has 0 radical (unpaired) electrons. The van der Waals surface area contributed by atoms with E-state index in [4.69, 9.17) is 9.84 Å². The van der Waals surface area contributed by atoms with Gasteiger partial charge in [0.15, 0.2) is 0 Å². The molecule has 1 fully saturated rings. The number of amides is 1. The van der Waals surface area contributed by atoms with Crippen LogP contribution in [0.2, 0.25) is 0 Å². The lowest BCUT2D eigenvalue weighted by molar-refractivity contribution is 0.0136. The lowest BCUT2D eigenvalue weighted by Crippen LogP contribution is -2.41. The summed E-state index contributed by atoms with van der Waals surface area (Å²) in [7, 11) is 0. The molecule has 0 bridgehead atoms. The highest BCUT2D eigenvalue weighted by Crippen LogP contribution is 2.16. The van der Waals surface area contributed by atoms with Gasteiger partial charge in [0, 0.05) is 18.2 Å². The maximum Gasteiger partial charge on any atom is 0.252 e. The lowest BCUT2D eigenvalue weighted by atomic mass is 10.0. The van der Waals surface area contributed by atoms with Gasteiger partial charge in [-0.05, 0) is 44.4 Å². The first-order chi connectivity index (χ1) is 10.1. The molecule has 2 unspecified atom stereocenters. The molecule has 2 atom stereocenters. The fourth-order valence-corrected chi connectivity index (χ4v) is 2.49. The van der Waals surface area contributed by atoms with Gasteiger partial charge in [0.25, 0.3) is 5.91 Å². The number of nitrogens with one attached hydrogen (secondary N) is 1. The smallest absolute Gasteiger partial charge is 0.252 e. The van der Waals surface area contributed by atoms with E-state index in [0.29, 0.717) is 17.7 Å². The number of aliphatic hydroxyl groups is 1. The first kappa shape index (κ1) is 15.6. The zero-order valence-electron chi connectivity index (χ0n) is 12.5. The maximum absolute atomic E-state index is 12.4. The fourth-order valence-electron chi connectivity index (χ4n) is 2.49. The molecular formula is C17H21NO3. The molecule has 21 heavy (non-hydrogen) atoms. The Bertz CT molecular complexity index is 571. The number of carbonyl (C=O) groups is 1. The summed E-state index contributed by atoms with van der Waals surface area (Å²) in [4.78, 5) is 12.4. The van der Waals surface area contributed by atoms with Crippen LogP contribution in [0, 0.1) is 18.8 Å². The van der Waals surface area contributed by atoms with Gasteiger partial charge < -0.3 is 15.2 Å². The molecule has 2 N–H and O–H groups in total. The van der Waals surface area contributed by atoms with E-state index in [1.807, 2.05) is 26.0 Å². The van der Waals surface area contributed by atoms with Crippen molar-refractivity contribution in [3.05, 3.63) is 34.9 Å². The van der Waals surface area contributed by atoms with Crippen molar-refractivity contribution < 1.29 is 14.6 Å². The van der Waals surface area contributed by atoms with Crippen molar-refractivity contribution in [2.75, 3.05) is 13.2 Å². The highest BCUT2D eigenvalue weighted by atomic mass is 16.5. The van der Waals surface area contributed by atoms with Crippen LogP contribution in [0.3, 0.4) is 0 Å². The van der Waals surface area contributed by atoms with Gasteiger partial charge in [-0.2, -0.15) is 0 Å². The number of aliphatic hydroxyl groups excluding tert-OH is 1. The average Bonchev–Trinajstić information content (AvgIpc) is 2.45. The van der Waals surface area contributed by atoms with Crippen molar-refractivity contribution in [1.82, 2.24) is 5.32 Å². The number of aryl methyl sites for hydroxylation is 1. The first-order valence-corrected chi connectivity index (χ1v) is 7.23. The summed E-state index contributed by atoms with van der Waals surface area (Å²) in [5.74, 6) is 5.33. The topological polar surface area (TPSA) is 58.6 Å². The predicted molar refractivity (Wildman–Crippen MR) is 81.0 cm³/mol. The molecule has 1 saturated heterocycles. The zero-order chi connectivity index (χ0) is 15.2. The van der Waals surface area contributed by atoms with Gasteiger partial charge in [-0.25, -0.2) is 0 Å². The number of hydrogen-bond donors (Lipinski definition) is 2. The average molecular weight is 287 g/mol. The van der Waals surface area contributed by atoms with E-state index in [2.05, 4.69) is 17.2 Å². The Morgan fingerprint density at radius 3 is 3.05 bits per heavy atom. The van der Waals surface area contributed by atoms with Crippen LogP contribution in [0.5, 0.6) is 0 Å². The maximum atomic E-state index is 12.4. The summed E-state index contributed by atoms with van der Waals surface area (Å²) in [5.41, 5.74) is 2.25. The van der Waals surface area contributed by atoms with Crippen molar-refractivity contribution in [3.8, 4) is 11.8 Å². The molecule has 4 nitrogen and oxygen atoms in total. The van der Waals surface area contributed by atoms with Gasteiger partial charge in [0.1, 0.15) is 6.61 Å². The Balaban J connectivity index is 2.14. The summed E-state index contributed by atoms with van der Waals surface area (Å²) < 4.78 is 5.49. The predicted octanol–water partition coefficient (Wildman–Crippen LogP) is 1.64. The van der Waals surface area contributed by atoms with Crippen molar-refractivity contribution >= 4 is 5.91 Å². The summed E-state index contributed by atoms with van der Waals surface area (Å²) in [6, 6.07) is 5.69. The number of hydrogen-bond acceptors (Lipinski definition) is 3. The van der Waals surface area contributed by atoms with Crippen LogP contribution in [-0.4, -0.2) is 36.4 Å². The quantitative estimate of drug-likeness (QED) is 0.813. The third kappa shape index (κ3) is 4.32. The summed E-state index contributed by atoms with van der Waals surface area (Å²) in [6.45, 7) is 4.43. The number of ether oxygens (including phenoxy) is 1. The molecule has 1 aliphatic heterocycles. The summed E-state index contributed by atoms with van der Waals surface area (Å²) in [5, 5.41) is 11.9. The van der Waals surface area contributed by atoms with E-state index >= 15 is 0 Å². The summed E-state index contributed by atoms with van der Waals surface area (Å²) >= 11 is 0. The second kappa shape index (κ2) is 7.26. The fraction of sp³-hybridized carbons (Fsp3) is 0.471. The standard InChI is InChI=1S/C17H21NO3/c1-12-5-6-16(14(10-12)4-3-8-19)17(20)18-15-7-9-21-13(2)11-15/h5-6,10,13,15,19H,7-9,11H2,1-2H3,(H,18,20). The highest BCUT2D eigenvalue weighted by Gasteiger charge is 2.22. The Labute approximate surface area is 125 Å². The number of carbonyl (C=O) groups excluding carboxylic acids is 1. The monoisotopic (exact) mass is 287 g/mol. The van der Waals surface area contributed by atoms with E-state index in [1.54, 1.807) is 6.07 Å². The molecule has 0 aromatic heterocycles. The Morgan fingerprint density at radius 2 is 2.33 bits per heavy atom. The minimum absolute atomic E-state index is 0.115. The third-order valence-electron chi connectivity index (χ3n) is 3.54. The van der Waals surface area contributed by atoms with Crippen LogP contribution in [0.25, 0.3) is 0 Å². The second-order valence-electron chi connectivity index (χ2n) is 5.39. The molecule has 112 valence electrons. The van der Waals surface area contributed by atoms with Crippen molar-refractivity contribution in [2.45, 2.75) is 38.8 Å². The normalized spacial score (nSPS) is 21.3. The Hall–Kier alpha value is -1.83. The van der Waals surface area contributed by atoms with Crippen LogP contribution in [0.4, 0.5) is 0 Å². The van der Waals surface area contributed by atoms with Gasteiger partial charge in [-0.1, -0.05) is 17.9 Å². The van der Waals surface area contributed by atoms with Gasteiger partial charge in [-0.3, -0.25) is 4.79 Å². The van der Waals surface area contributed by atoms with Gasteiger partial charge >= 0.3 is 0 Å². The lowest BCUT2D eigenvalue weighted by Gasteiger charge is -2.28. The number of rotatable bonds is 2. The SMILES string of the molecule is Cc1ccc(C(=O)NC2CCOC(C)C2)c(C#CCO)c1. The minimum atomic E-state index is -0.216. The minimum Gasteiger partial charge on any atom is -0.384 e. The molecule has 1 aromatic rings. The molecule has 1 aromatic carbocycles. The van der Waals surface area contributed by atoms with E-state index in [9.17, 15) is 4.79 Å². The third-order valence-corrected chi connectivity index (χ3v) is 3.54. The van der Waals surface area contributed by atoms with Gasteiger partial charge in [-0.15, -0.1) is 0 Å². The first-order valence-electron chi connectivity index (χ1n) is 7.23. The van der Waals surface area contributed by atoms with Crippen molar-refractivity contribution in [3.63, 3.8) is 0 Å². The van der Waals surface area contributed by atoms with Crippen molar-refractivity contribution in [1.29, 1.82) is 0 Å². The molecule has 1 amide bonds. The van der Waals surface area contributed by atoms with E-state index in [0.717, 1.165) is 18.4 Å². The number of benzene rings is 1. The van der Waals surface area contributed by atoms with Crippen LogP contribution in [-0.2, 0) is 4.74 Å². The van der Waals surface area contributed by atoms with Crippen LogP contribution in [0.15, 0.2) is 18.2 Å². The molecule has 0 aliphatic carbocycles. The van der Waals surface area contributed by atoms with Crippen molar-refractivity contribution in [2.24, 2.45) is 0 Å². The molecule has 0 saturated carbocycles. The van der Waals surface area contributed by atoms with Crippen LogP contribution in [0.1, 0.15) is 41.3 Å². The Kier molecular flexibility index (Phi) is 5.38. The zero-order valence-corrected chi connectivity index (χ0v) is 12.5. The molecule has 2 rings (SSSR count). The van der Waals surface area contributed by atoms with Gasteiger partial charge in [0.2, 0.25) is 0 Å². The second-order valence-corrected chi connectivity index (χ2v) is 5.39. The summed E-state index contributed by atoms with van der Waals surface area (Å²) in [6.07, 6.45) is 1.84.